The first-order valence-electron chi connectivity index (χ1n) is 6.07. The van der Waals surface area contributed by atoms with Crippen LogP contribution in [0.15, 0.2) is 36.4 Å². The third-order valence-electron chi connectivity index (χ3n) is 2.85. The third-order valence-corrected chi connectivity index (χ3v) is 3.09. The molecule has 0 amide bonds. The number of nitrogens with two attached hydrogens (primary N) is 1. The smallest absolute Gasteiger partial charge is 0.161 e. The van der Waals surface area contributed by atoms with Gasteiger partial charge in [-0.15, -0.1) is 0 Å². The van der Waals surface area contributed by atoms with E-state index in [0.717, 1.165) is 5.56 Å². The van der Waals surface area contributed by atoms with E-state index in [-0.39, 0.29) is 12.4 Å². The molecule has 5 heteroatoms. The lowest BCUT2D eigenvalue weighted by molar-refractivity contribution is 0.279. The molecule has 0 saturated heterocycles. The molecule has 2 N–H and O–H groups in total. The summed E-state index contributed by atoms with van der Waals surface area (Å²) in [6, 6.07) is 9.74. The van der Waals surface area contributed by atoms with Crippen LogP contribution in [0.4, 0.5) is 4.39 Å². The Morgan fingerprint density at radius 1 is 1.15 bits per heavy atom. The van der Waals surface area contributed by atoms with Gasteiger partial charge in [0.15, 0.2) is 11.5 Å². The molecule has 0 aromatic heterocycles. The van der Waals surface area contributed by atoms with Gasteiger partial charge in [-0.3, -0.25) is 0 Å². The number of methoxy groups -OCH3 is 1. The lowest BCUT2D eigenvalue weighted by Crippen LogP contribution is -2.02. The molecule has 0 aliphatic carbocycles. The maximum absolute atomic E-state index is 13.6. The highest BCUT2D eigenvalue weighted by Crippen LogP contribution is 2.29. The highest BCUT2D eigenvalue weighted by Gasteiger charge is 2.08. The minimum atomic E-state index is -0.355. The summed E-state index contributed by atoms with van der Waals surface area (Å²) in [5.74, 6) is 0.742. The van der Waals surface area contributed by atoms with Gasteiger partial charge in [-0.05, 0) is 35.9 Å². The van der Waals surface area contributed by atoms with Crippen LogP contribution in [0.3, 0.4) is 0 Å². The SMILES string of the molecule is COc1cc(CN)ccc1OCc1cc(Cl)ccc1F. The third kappa shape index (κ3) is 3.40. The summed E-state index contributed by atoms with van der Waals surface area (Å²) in [7, 11) is 1.54. The van der Waals surface area contributed by atoms with Crippen molar-refractivity contribution in [2.45, 2.75) is 13.2 Å². The maximum Gasteiger partial charge on any atom is 0.161 e. The van der Waals surface area contributed by atoms with Crippen LogP contribution < -0.4 is 15.2 Å². The van der Waals surface area contributed by atoms with E-state index >= 15 is 0 Å². The summed E-state index contributed by atoms with van der Waals surface area (Å²) in [5, 5.41) is 0.468. The quantitative estimate of drug-likeness (QED) is 0.918. The minimum Gasteiger partial charge on any atom is -0.493 e. The molecule has 0 unspecified atom stereocenters. The Labute approximate surface area is 122 Å². The number of benzene rings is 2. The van der Waals surface area contributed by atoms with Crippen LogP contribution in [-0.4, -0.2) is 7.11 Å². The molecule has 2 aromatic rings. The molecular weight excluding hydrogens is 281 g/mol. The summed E-state index contributed by atoms with van der Waals surface area (Å²) in [4.78, 5) is 0. The van der Waals surface area contributed by atoms with Crippen molar-refractivity contribution in [3.8, 4) is 11.5 Å². The van der Waals surface area contributed by atoms with Crippen molar-refractivity contribution in [1.82, 2.24) is 0 Å². The van der Waals surface area contributed by atoms with Crippen molar-refractivity contribution in [3.05, 3.63) is 58.4 Å². The summed E-state index contributed by atoms with van der Waals surface area (Å²) in [5.41, 5.74) is 6.89. The Kier molecular flexibility index (Phi) is 4.82. The molecule has 106 valence electrons. The summed E-state index contributed by atoms with van der Waals surface area (Å²) in [6.45, 7) is 0.490. The molecule has 0 spiro atoms. The van der Waals surface area contributed by atoms with Gasteiger partial charge in [0.05, 0.1) is 7.11 Å². The molecular formula is C15H15ClFNO2. The molecule has 0 radical (unpaired) electrons. The average Bonchev–Trinajstić information content (AvgIpc) is 2.48. The summed E-state index contributed by atoms with van der Waals surface area (Å²) in [6.07, 6.45) is 0. The fraction of sp³-hybridized carbons (Fsp3) is 0.200. The Hall–Kier alpha value is -1.78. The predicted octanol–water partition coefficient (Wildman–Crippen LogP) is 3.53. The van der Waals surface area contributed by atoms with Crippen molar-refractivity contribution < 1.29 is 13.9 Å². The van der Waals surface area contributed by atoms with Crippen LogP contribution in [0.2, 0.25) is 5.02 Å². The van der Waals surface area contributed by atoms with Gasteiger partial charge in [-0.1, -0.05) is 17.7 Å². The van der Waals surface area contributed by atoms with Crippen LogP contribution in [0.5, 0.6) is 11.5 Å². The van der Waals surface area contributed by atoms with Gasteiger partial charge in [0.2, 0.25) is 0 Å². The second-order valence-electron chi connectivity index (χ2n) is 4.21. The van der Waals surface area contributed by atoms with Crippen molar-refractivity contribution in [1.29, 1.82) is 0 Å². The molecule has 0 aliphatic heterocycles. The van der Waals surface area contributed by atoms with E-state index in [0.29, 0.717) is 28.6 Å². The topological polar surface area (TPSA) is 44.5 Å². The first-order chi connectivity index (χ1) is 9.63. The number of hydrogen-bond acceptors (Lipinski definition) is 3. The van der Waals surface area contributed by atoms with Gasteiger partial charge in [0, 0.05) is 17.1 Å². The zero-order chi connectivity index (χ0) is 14.5. The Morgan fingerprint density at radius 2 is 1.95 bits per heavy atom. The molecule has 0 aliphatic rings. The van der Waals surface area contributed by atoms with Crippen molar-refractivity contribution in [2.24, 2.45) is 5.73 Å². The molecule has 20 heavy (non-hydrogen) atoms. The molecule has 0 saturated carbocycles. The normalized spacial score (nSPS) is 10.4. The van der Waals surface area contributed by atoms with E-state index in [9.17, 15) is 4.39 Å². The zero-order valence-corrected chi connectivity index (χ0v) is 11.8. The Bertz CT molecular complexity index is 604. The van der Waals surface area contributed by atoms with Gasteiger partial charge >= 0.3 is 0 Å². The standard InChI is InChI=1S/C15H15ClFNO2/c1-19-15-6-10(8-18)2-5-14(15)20-9-11-7-12(16)3-4-13(11)17/h2-7H,8-9,18H2,1H3. The monoisotopic (exact) mass is 295 g/mol. The predicted molar refractivity (Wildman–Crippen MR) is 76.6 cm³/mol. The number of halogens is 2. The average molecular weight is 296 g/mol. The molecule has 0 heterocycles. The van der Waals surface area contributed by atoms with Gasteiger partial charge in [-0.25, -0.2) is 4.39 Å². The van der Waals surface area contributed by atoms with Crippen molar-refractivity contribution >= 4 is 11.6 Å². The van der Waals surface area contributed by atoms with Crippen LogP contribution in [0.25, 0.3) is 0 Å². The van der Waals surface area contributed by atoms with Gasteiger partial charge in [-0.2, -0.15) is 0 Å². The Balaban J connectivity index is 2.16. The number of hydrogen-bond donors (Lipinski definition) is 1. The lowest BCUT2D eigenvalue weighted by Gasteiger charge is -2.12. The van der Waals surface area contributed by atoms with E-state index < -0.39 is 0 Å². The summed E-state index contributed by atoms with van der Waals surface area (Å²) >= 11 is 5.84. The second kappa shape index (κ2) is 6.59. The van der Waals surface area contributed by atoms with E-state index in [1.165, 1.54) is 18.2 Å². The van der Waals surface area contributed by atoms with Crippen LogP contribution in [0.1, 0.15) is 11.1 Å². The summed E-state index contributed by atoms with van der Waals surface area (Å²) < 4.78 is 24.4. The lowest BCUT2D eigenvalue weighted by atomic mass is 10.2. The minimum absolute atomic E-state index is 0.0741. The fourth-order valence-corrected chi connectivity index (χ4v) is 1.96. The molecule has 0 fully saturated rings. The molecule has 2 rings (SSSR count). The number of ether oxygens (including phenoxy) is 2. The Morgan fingerprint density at radius 3 is 2.65 bits per heavy atom. The van der Waals surface area contributed by atoms with Gasteiger partial charge < -0.3 is 15.2 Å². The van der Waals surface area contributed by atoms with E-state index in [4.69, 9.17) is 26.8 Å². The molecule has 0 atom stereocenters. The highest BCUT2D eigenvalue weighted by atomic mass is 35.5. The van der Waals surface area contributed by atoms with E-state index in [1.807, 2.05) is 6.07 Å². The molecule has 0 bridgehead atoms. The van der Waals surface area contributed by atoms with Crippen molar-refractivity contribution in [3.63, 3.8) is 0 Å². The van der Waals surface area contributed by atoms with Crippen LogP contribution in [0, 0.1) is 5.82 Å². The first-order valence-corrected chi connectivity index (χ1v) is 6.45. The van der Waals surface area contributed by atoms with Crippen LogP contribution in [-0.2, 0) is 13.2 Å². The van der Waals surface area contributed by atoms with E-state index in [1.54, 1.807) is 19.2 Å². The van der Waals surface area contributed by atoms with Crippen LogP contribution >= 0.6 is 11.6 Å². The second-order valence-corrected chi connectivity index (χ2v) is 4.65. The van der Waals surface area contributed by atoms with Gasteiger partial charge in [0.25, 0.3) is 0 Å². The van der Waals surface area contributed by atoms with E-state index in [2.05, 4.69) is 0 Å². The van der Waals surface area contributed by atoms with Crippen molar-refractivity contribution in [2.75, 3.05) is 7.11 Å². The number of rotatable bonds is 5. The molecule has 3 nitrogen and oxygen atoms in total. The first kappa shape index (κ1) is 14.6. The largest absolute Gasteiger partial charge is 0.493 e. The fourth-order valence-electron chi connectivity index (χ4n) is 1.77. The maximum atomic E-state index is 13.6. The molecule has 2 aromatic carbocycles. The van der Waals surface area contributed by atoms with Gasteiger partial charge in [0.1, 0.15) is 12.4 Å². The highest BCUT2D eigenvalue weighted by molar-refractivity contribution is 6.30. The zero-order valence-electron chi connectivity index (χ0n) is 11.0.